The highest BCUT2D eigenvalue weighted by Crippen LogP contribution is 2.25. The van der Waals surface area contributed by atoms with Gasteiger partial charge in [-0.15, -0.1) is 0 Å². The third-order valence-corrected chi connectivity index (χ3v) is 3.99. The summed E-state index contributed by atoms with van der Waals surface area (Å²) in [4.78, 5) is 0. The maximum atomic E-state index is 8.92. The Labute approximate surface area is 166 Å². The Bertz CT molecular complexity index is 626. The molecule has 0 spiro atoms. The highest BCUT2D eigenvalue weighted by molar-refractivity contribution is 6.30. The molecule has 2 aromatic rings. The Morgan fingerprint density at radius 3 is 2.58 bits per heavy atom. The highest BCUT2D eigenvalue weighted by Gasteiger charge is 2.06. The van der Waals surface area contributed by atoms with Gasteiger partial charge in [0.05, 0.1) is 19.8 Å². The lowest BCUT2D eigenvalue weighted by atomic mass is 10.0. The summed E-state index contributed by atoms with van der Waals surface area (Å²) in [6.45, 7) is 4.36. The molecule has 0 radical (unpaired) electrons. The van der Waals surface area contributed by atoms with Crippen LogP contribution in [0, 0.1) is 0 Å². The molecule has 6 heteroatoms. The maximum Gasteiger partial charge on any atom is 0.123 e. The SMILES string of the molecule is CC(CO)NCCOCCOc1ccc(Cl)cc1Cc1ccccc1.[Cl-]. The number of rotatable bonds is 11. The van der Waals surface area contributed by atoms with Gasteiger partial charge in [0.15, 0.2) is 0 Å². The number of ether oxygens (including phenoxy) is 2. The van der Waals surface area contributed by atoms with Crippen LogP contribution in [0.4, 0.5) is 0 Å². The lowest BCUT2D eigenvalue weighted by Gasteiger charge is -2.13. The van der Waals surface area contributed by atoms with Crippen LogP contribution in [-0.2, 0) is 11.2 Å². The molecule has 4 nitrogen and oxygen atoms in total. The van der Waals surface area contributed by atoms with Gasteiger partial charge in [-0.3, -0.25) is 0 Å². The third-order valence-electron chi connectivity index (χ3n) is 3.76. The molecule has 2 N–H and O–H groups in total. The van der Waals surface area contributed by atoms with Crippen molar-refractivity contribution in [1.82, 2.24) is 5.32 Å². The van der Waals surface area contributed by atoms with Gasteiger partial charge in [-0.25, -0.2) is 0 Å². The van der Waals surface area contributed by atoms with Gasteiger partial charge in [-0.05, 0) is 36.2 Å². The van der Waals surface area contributed by atoms with E-state index in [4.69, 9.17) is 26.2 Å². The van der Waals surface area contributed by atoms with Gasteiger partial charge < -0.3 is 32.3 Å². The summed E-state index contributed by atoms with van der Waals surface area (Å²) in [6.07, 6.45) is 0.778. The monoisotopic (exact) mass is 398 g/mol. The molecule has 0 saturated heterocycles. The molecule has 0 bridgehead atoms. The molecule has 2 rings (SSSR count). The van der Waals surface area contributed by atoms with Crippen LogP contribution in [0.25, 0.3) is 0 Å². The number of hydrogen-bond donors (Lipinski definition) is 2. The van der Waals surface area contributed by atoms with E-state index in [2.05, 4.69) is 17.4 Å². The van der Waals surface area contributed by atoms with Crippen molar-refractivity contribution in [3.8, 4) is 5.75 Å². The first-order chi connectivity index (χ1) is 12.2. The Morgan fingerprint density at radius 2 is 1.85 bits per heavy atom. The summed E-state index contributed by atoms with van der Waals surface area (Å²) < 4.78 is 11.4. The molecule has 0 aliphatic heterocycles. The number of aliphatic hydroxyl groups excluding tert-OH is 1. The summed E-state index contributed by atoms with van der Waals surface area (Å²) in [5.41, 5.74) is 2.28. The molecule has 0 fully saturated rings. The number of halogens is 2. The molecule has 0 aliphatic carbocycles. The van der Waals surface area contributed by atoms with E-state index in [0.717, 1.165) is 17.7 Å². The van der Waals surface area contributed by atoms with Crippen LogP contribution >= 0.6 is 11.6 Å². The minimum atomic E-state index is 0. The zero-order valence-corrected chi connectivity index (χ0v) is 16.5. The van der Waals surface area contributed by atoms with Crippen LogP contribution in [0.2, 0.25) is 5.02 Å². The summed E-state index contributed by atoms with van der Waals surface area (Å²) in [7, 11) is 0. The van der Waals surface area contributed by atoms with Crippen molar-refractivity contribution in [3.63, 3.8) is 0 Å². The van der Waals surface area contributed by atoms with Gasteiger partial charge in [0.25, 0.3) is 0 Å². The zero-order valence-electron chi connectivity index (χ0n) is 15.0. The van der Waals surface area contributed by atoms with Crippen molar-refractivity contribution < 1.29 is 27.0 Å². The van der Waals surface area contributed by atoms with Crippen molar-refractivity contribution in [2.75, 3.05) is 33.0 Å². The summed E-state index contributed by atoms with van der Waals surface area (Å²) >= 11 is 6.13. The van der Waals surface area contributed by atoms with E-state index in [1.54, 1.807) is 0 Å². The van der Waals surface area contributed by atoms with Gasteiger partial charge in [-0.2, -0.15) is 0 Å². The number of aliphatic hydroxyl groups is 1. The number of hydrogen-bond acceptors (Lipinski definition) is 4. The third kappa shape index (κ3) is 8.39. The van der Waals surface area contributed by atoms with E-state index in [1.807, 2.05) is 43.3 Å². The van der Waals surface area contributed by atoms with Crippen molar-refractivity contribution in [3.05, 3.63) is 64.7 Å². The van der Waals surface area contributed by atoms with E-state index in [9.17, 15) is 0 Å². The second-order valence-corrected chi connectivity index (χ2v) is 6.35. The molecule has 0 aromatic heterocycles. The van der Waals surface area contributed by atoms with Crippen molar-refractivity contribution in [1.29, 1.82) is 0 Å². The first-order valence-electron chi connectivity index (χ1n) is 8.56. The second kappa shape index (κ2) is 13.0. The quantitative estimate of drug-likeness (QED) is 0.534. The van der Waals surface area contributed by atoms with Crippen molar-refractivity contribution >= 4 is 11.6 Å². The Kier molecular flexibility index (Phi) is 11.3. The molecule has 1 atom stereocenters. The van der Waals surface area contributed by atoms with Crippen LogP contribution in [0.1, 0.15) is 18.1 Å². The molecular weight excluding hydrogens is 373 g/mol. The predicted octanol–water partition coefficient (Wildman–Crippen LogP) is 0.301. The molecule has 0 saturated carbocycles. The standard InChI is InChI=1S/C20H26ClNO3.ClH/c1-16(15-23)22-9-10-24-11-12-25-20-8-7-19(21)14-18(20)13-17-5-3-2-4-6-17;/h2-8,14,16,22-23H,9-13,15H2,1H3;1H/p-1. The lowest BCUT2D eigenvalue weighted by molar-refractivity contribution is -0.00000674. The average molecular weight is 399 g/mol. The molecule has 26 heavy (non-hydrogen) atoms. The fraction of sp³-hybridized carbons (Fsp3) is 0.400. The van der Waals surface area contributed by atoms with Gasteiger partial charge in [0.2, 0.25) is 0 Å². The van der Waals surface area contributed by atoms with Crippen LogP contribution < -0.4 is 22.5 Å². The van der Waals surface area contributed by atoms with E-state index >= 15 is 0 Å². The molecule has 2 aromatic carbocycles. The predicted molar refractivity (Wildman–Crippen MR) is 102 cm³/mol. The van der Waals surface area contributed by atoms with Crippen LogP contribution in [-0.4, -0.2) is 44.1 Å². The van der Waals surface area contributed by atoms with E-state index < -0.39 is 0 Å². The van der Waals surface area contributed by atoms with Crippen LogP contribution in [0.15, 0.2) is 48.5 Å². The number of nitrogens with one attached hydrogen (secondary N) is 1. The maximum absolute atomic E-state index is 8.92. The molecular formula is C20H26Cl2NO3-. The van der Waals surface area contributed by atoms with Gasteiger partial charge in [0.1, 0.15) is 12.4 Å². The topological polar surface area (TPSA) is 50.7 Å². The van der Waals surface area contributed by atoms with Crippen LogP contribution in [0.3, 0.4) is 0 Å². The fourth-order valence-corrected chi connectivity index (χ4v) is 2.59. The summed E-state index contributed by atoms with van der Waals surface area (Å²) in [5, 5.41) is 12.8. The Hall–Kier alpha value is -1.30. The highest BCUT2D eigenvalue weighted by atomic mass is 35.5. The van der Waals surface area contributed by atoms with Crippen molar-refractivity contribution in [2.24, 2.45) is 0 Å². The Balaban J connectivity index is 0.00000338. The smallest absolute Gasteiger partial charge is 0.123 e. The van der Waals surface area contributed by atoms with E-state index in [-0.39, 0.29) is 25.1 Å². The van der Waals surface area contributed by atoms with Crippen LogP contribution in [0.5, 0.6) is 5.75 Å². The minimum Gasteiger partial charge on any atom is -1.00 e. The molecule has 0 amide bonds. The zero-order chi connectivity index (χ0) is 17.9. The second-order valence-electron chi connectivity index (χ2n) is 5.91. The minimum absolute atomic E-state index is 0. The number of benzene rings is 2. The first kappa shape index (κ1) is 22.7. The summed E-state index contributed by atoms with van der Waals surface area (Å²) in [6, 6.07) is 16.0. The first-order valence-corrected chi connectivity index (χ1v) is 8.94. The molecule has 1 unspecified atom stereocenters. The van der Waals surface area contributed by atoms with Gasteiger partial charge >= 0.3 is 0 Å². The summed E-state index contributed by atoms with van der Waals surface area (Å²) in [5.74, 6) is 0.837. The normalized spacial score (nSPS) is 11.7. The largest absolute Gasteiger partial charge is 1.00 e. The molecule has 0 heterocycles. The average Bonchev–Trinajstić information content (AvgIpc) is 2.63. The van der Waals surface area contributed by atoms with Gasteiger partial charge in [0, 0.05) is 24.0 Å². The van der Waals surface area contributed by atoms with Gasteiger partial charge in [-0.1, -0.05) is 41.9 Å². The Morgan fingerprint density at radius 1 is 1.08 bits per heavy atom. The van der Waals surface area contributed by atoms with Crippen molar-refractivity contribution in [2.45, 2.75) is 19.4 Å². The van der Waals surface area contributed by atoms with E-state index in [1.165, 1.54) is 5.56 Å². The van der Waals surface area contributed by atoms with E-state index in [0.29, 0.717) is 31.4 Å². The molecule has 144 valence electrons. The lowest BCUT2D eigenvalue weighted by Crippen LogP contribution is -3.00. The molecule has 0 aliphatic rings. The fourth-order valence-electron chi connectivity index (χ4n) is 2.40.